The predicted octanol–water partition coefficient (Wildman–Crippen LogP) is 3.12. The summed E-state index contributed by atoms with van der Waals surface area (Å²) >= 11 is 0. The van der Waals surface area contributed by atoms with Crippen LogP contribution in [0.4, 0.5) is 5.69 Å². The van der Waals surface area contributed by atoms with E-state index in [2.05, 4.69) is 5.32 Å². The Kier molecular flexibility index (Phi) is 7.00. The first kappa shape index (κ1) is 19.7. The van der Waals surface area contributed by atoms with Gasteiger partial charge in [-0.1, -0.05) is 13.8 Å². The molecule has 1 aromatic carbocycles. The van der Waals surface area contributed by atoms with Gasteiger partial charge in [0.05, 0.1) is 19.8 Å². The lowest BCUT2D eigenvalue weighted by atomic mass is 9.89. The summed E-state index contributed by atoms with van der Waals surface area (Å²) in [5, 5.41) is 14.7. The van der Waals surface area contributed by atoms with Gasteiger partial charge in [0, 0.05) is 17.0 Å². The molecule has 1 atom stereocenters. The van der Waals surface area contributed by atoms with Crippen LogP contribution in [-0.2, 0) is 9.53 Å². The normalized spacial score (nSPS) is 13.5. The highest BCUT2D eigenvalue weighted by Crippen LogP contribution is 2.25. The number of rotatable bonds is 9. The minimum Gasteiger partial charge on any atom is -0.497 e. The zero-order valence-electron chi connectivity index (χ0n) is 14.9. The molecule has 0 aliphatic rings. The van der Waals surface area contributed by atoms with Gasteiger partial charge in [-0.2, -0.15) is 0 Å². The molecular formula is C17H26N2O5. The minimum atomic E-state index is -1.82. The second-order valence-corrected chi connectivity index (χ2v) is 6.42. The number of methoxy groups -OCH3 is 1. The van der Waals surface area contributed by atoms with Crippen molar-refractivity contribution in [1.82, 2.24) is 0 Å². The lowest BCUT2D eigenvalue weighted by Crippen LogP contribution is -2.54. The quantitative estimate of drug-likeness (QED) is 0.422. The Hall–Kier alpha value is -2.31. The average Bonchev–Trinajstić information content (AvgIpc) is 2.50. The summed E-state index contributed by atoms with van der Waals surface area (Å²) in [6.07, 6.45) is -0.320. The number of anilines is 1. The lowest BCUT2D eigenvalue weighted by Gasteiger charge is -2.26. The highest BCUT2D eigenvalue weighted by molar-refractivity contribution is 5.80. The summed E-state index contributed by atoms with van der Waals surface area (Å²) in [6.45, 7) is 6.89. The van der Waals surface area contributed by atoms with Crippen molar-refractivity contribution >= 4 is 11.7 Å². The molecule has 0 saturated carbocycles. The number of nitrogens with zero attached hydrogens (tertiary/aromatic N) is 1. The summed E-state index contributed by atoms with van der Waals surface area (Å²) in [6, 6.07) is 6.97. The van der Waals surface area contributed by atoms with Gasteiger partial charge in [-0.15, -0.1) is 0 Å². The molecule has 0 heterocycles. The van der Waals surface area contributed by atoms with Gasteiger partial charge in [0.25, 0.3) is 0 Å². The van der Waals surface area contributed by atoms with Gasteiger partial charge in [0.1, 0.15) is 5.75 Å². The van der Waals surface area contributed by atoms with E-state index < -0.39 is 22.5 Å². The first-order valence-corrected chi connectivity index (χ1v) is 7.94. The smallest absolute Gasteiger partial charge is 0.387 e. The highest BCUT2D eigenvalue weighted by Gasteiger charge is 2.53. The minimum absolute atomic E-state index is 0.0345. The Morgan fingerprint density at radius 1 is 1.25 bits per heavy atom. The van der Waals surface area contributed by atoms with Crippen LogP contribution < -0.4 is 10.1 Å². The number of carbonyl (C=O) groups is 1. The fourth-order valence-corrected chi connectivity index (χ4v) is 2.40. The molecule has 1 unspecified atom stereocenters. The van der Waals surface area contributed by atoms with E-state index >= 15 is 0 Å². The van der Waals surface area contributed by atoms with Crippen molar-refractivity contribution in [3.05, 3.63) is 34.4 Å². The van der Waals surface area contributed by atoms with Crippen LogP contribution >= 0.6 is 0 Å². The molecule has 0 saturated heterocycles. The van der Waals surface area contributed by atoms with Crippen molar-refractivity contribution < 1.29 is 19.2 Å². The zero-order valence-corrected chi connectivity index (χ0v) is 14.9. The number of hydrogen-bond acceptors (Lipinski definition) is 6. The third-order valence-electron chi connectivity index (χ3n) is 3.49. The molecule has 0 aliphatic heterocycles. The van der Waals surface area contributed by atoms with Gasteiger partial charge in [-0.3, -0.25) is 10.1 Å². The number of nitro groups is 1. The van der Waals surface area contributed by atoms with E-state index in [1.54, 1.807) is 45.2 Å². The summed E-state index contributed by atoms with van der Waals surface area (Å²) in [5.74, 6) is -0.160. The Balaban J connectivity index is 3.01. The Morgan fingerprint density at radius 2 is 1.83 bits per heavy atom. The van der Waals surface area contributed by atoms with Crippen LogP contribution in [-0.4, -0.2) is 36.2 Å². The SMILES string of the molecule is COc1ccc(NCC(CC(C)C)(C(=O)OC(C)C)[N+](=O)[O-])cc1. The molecule has 0 radical (unpaired) electrons. The molecule has 1 rings (SSSR count). The topological polar surface area (TPSA) is 90.7 Å². The number of ether oxygens (including phenoxy) is 2. The summed E-state index contributed by atoms with van der Waals surface area (Å²) in [5.41, 5.74) is -1.15. The van der Waals surface area contributed by atoms with Gasteiger partial charge >= 0.3 is 11.5 Å². The molecule has 24 heavy (non-hydrogen) atoms. The monoisotopic (exact) mass is 338 g/mol. The van der Waals surface area contributed by atoms with Crippen molar-refractivity contribution in [3.8, 4) is 5.75 Å². The van der Waals surface area contributed by atoms with E-state index in [-0.39, 0.29) is 18.9 Å². The lowest BCUT2D eigenvalue weighted by molar-refractivity contribution is -0.554. The zero-order chi connectivity index (χ0) is 18.3. The maximum atomic E-state index is 12.5. The van der Waals surface area contributed by atoms with Gasteiger partial charge in [-0.05, 0) is 44.0 Å². The van der Waals surface area contributed by atoms with Crippen LogP contribution in [0.3, 0.4) is 0 Å². The number of carbonyl (C=O) groups excluding carboxylic acids is 1. The largest absolute Gasteiger partial charge is 0.497 e. The molecule has 0 bridgehead atoms. The highest BCUT2D eigenvalue weighted by atomic mass is 16.6. The van der Waals surface area contributed by atoms with Gasteiger partial charge in [0.2, 0.25) is 0 Å². The Labute approximate surface area is 142 Å². The summed E-state index contributed by atoms with van der Waals surface area (Å²) < 4.78 is 10.2. The van der Waals surface area contributed by atoms with Crippen LogP contribution in [0.5, 0.6) is 5.75 Å². The Bertz CT molecular complexity index is 557. The van der Waals surface area contributed by atoms with Crippen molar-refractivity contribution in [2.45, 2.75) is 45.8 Å². The molecule has 0 fully saturated rings. The van der Waals surface area contributed by atoms with Gasteiger partial charge in [-0.25, -0.2) is 4.79 Å². The van der Waals surface area contributed by atoms with Crippen LogP contribution in [0.2, 0.25) is 0 Å². The first-order valence-electron chi connectivity index (χ1n) is 7.94. The average molecular weight is 338 g/mol. The molecule has 0 aromatic heterocycles. The third kappa shape index (κ3) is 5.11. The molecule has 134 valence electrons. The summed E-state index contributed by atoms with van der Waals surface area (Å²) in [7, 11) is 1.56. The van der Waals surface area contributed by atoms with Gasteiger partial charge < -0.3 is 14.8 Å². The molecule has 0 aliphatic carbocycles. The molecule has 1 aromatic rings. The maximum Gasteiger partial charge on any atom is 0.387 e. The molecule has 0 spiro atoms. The van der Waals surface area contributed by atoms with Crippen LogP contribution in [0.1, 0.15) is 34.1 Å². The van der Waals surface area contributed by atoms with E-state index in [0.29, 0.717) is 11.4 Å². The summed E-state index contributed by atoms with van der Waals surface area (Å²) in [4.78, 5) is 23.7. The van der Waals surface area contributed by atoms with E-state index in [0.717, 1.165) is 0 Å². The van der Waals surface area contributed by atoms with Gasteiger partial charge in [0.15, 0.2) is 0 Å². The molecule has 0 amide bonds. The van der Waals surface area contributed by atoms with Crippen molar-refractivity contribution in [3.63, 3.8) is 0 Å². The number of nitrogens with one attached hydrogen (secondary N) is 1. The number of benzene rings is 1. The molecular weight excluding hydrogens is 312 g/mol. The molecule has 7 nitrogen and oxygen atoms in total. The second kappa shape index (κ2) is 8.52. The van der Waals surface area contributed by atoms with Crippen LogP contribution in [0.25, 0.3) is 0 Å². The Morgan fingerprint density at radius 3 is 2.25 bits per heavy atom. The number of esters is 1. The van der Waals surface area contributed by atoms with Crippen molar-refractivity contribution in [1.29, 1.82) is 0 Å². The number of hydrogen-bond donors (Lipinski definition) is 1. The fourth-order valence-electron chi connectivity index (χ4n) is 2.40. The van der Waals surface area contributed by atoms with Crippen LogP contribution in [0.15, 0.2) is 24.3 Å². The van der Waals surface area contributed by atoms with E-state index in [1.807, 2.05) is 13.8 Å². The molecule has 1 N–H and O–H groups in total. The fraction of sp³-hybridized carbons (Fsp3) is 0.588. The van der Waals surface area contributed by atoms with E-state index in [4.69, 9.17) is 9.47 Å². The first-order chi connectivity index (χ1) is 11.2. The van der Waals surface area contributed by atoms with E-state index in [9.17, 15) is 14.9 Å². The van der Waals surface area contributed by atoms with Crippen molar-refractivity contribution in [2.75, 3.05) is 19.0 Å². The standard InChI is InChI=1S/C17H26N2O5/c1-12(2)10-17(19(21)22,16(20)24-13(3)4)11-18-14-6-8-15(23-5)9-7-14/h6-9,12-13,18H,10-11H2,1-5H3. The van der Waals surface area contributed by atoms with E-state index in [1.165, 1.54) is 0 Å². The third-order valence-corrected chi connectivity index (χ3v) is 3.49. The van der Waals surface area contributed by atoms with Crippen molar-refractivity contribution in [2.24, 2.45) is 5.92 Å². The van der Waals surface area contributed by atoms with Crippen LogP contribution in [0, 0.1) is 16.0 Å². The molecule has 7 heteroatoms. The maximum absolute atomic E-state index is 12.5. The second-order valence-electron chi connectivity index (χ2n) is 6.42. The predicted molar refractivity (Wildman–Crippen MR) is 91.9 cm³/mol.